The Balaban J connectivity index is 1.68. The Morgan fingerprint density at radius 3 is 2.56 bits per heavy atom. The van der Waals surface area contributed by atoms with Crippen LogP contribution >= 0.6 is 11.6 Å². The van der Waals surface area contributed by atoms with Gasteiger partial charge < -0.3 is 19.9 Å². The molecule has 1 fully saturated rings. The molecule has 3 rings (SSSR count). The maximum Gasteiger partial charge on any atom is 0.322 e. The molecule has 0 bridgehead atoms. The van der Waals surface area contributed by atoms with E-state index in [1.54, 1.807) is 42.3 Å². The summed E-state index contributed by atoms with van der Waals surface area (Å²) in [6, 6.07) is 14.0. The smallest absolute Gasteiger partial charge is 0.322 e. The molecule has 0 atom stereocenters. The molecule has 3 amide bonds. The van der Waals surface area contributed by atoms with Gasteiger partial charge in [-0.05, 0) is 24.3 Å². The molecule has 1 saturated heterocycles. The van der Waals surface area contributed by atoms with Crippen molar-refractivity contribution in [1.82, 2.24) is 4.90 Å². The number of carbonyl (C=O) groups excluding carboxylic acids is 2. The second-order valence-corrected chi connectivity index (χ2v) is 5.96. The van der Waals surface area contributed by atoms with Crippen molar-refractivity contribution < 1.29 is 14.3 Å². The van der Waals surface area contributed by atoms with Crippen LogP contribution in [0.25, 0.3) is 0 Å². The average Bonchev–Trinajstić information content (AvgIpc) is 2.63. The van der Waals surface area contributed by atoms with Crippen molar-refractivity contribution in [3.8, 4) is 5.75 Å². The fourth-order valence-electron chi connectivity index (χ4n) is 2.71. The predicted molar refractivity (Wildman–Crippen MR) is 97.4 cm³/mol. The summed E-state index contributed by atoms with van der Waals surface area (Å²) >= 11 is 6.05. The summed E-state index contributed by atoms with van der Waals surface area (Å²) in [4.78, 5) is 28.0. The number of para-hydroxylation sites is 3. The first kappa shape index (κ1) is 17.1. The highest BCUT2D eigenvalue weighted by Crippen LogP contribution is 2.29. The SMILES string of the molecule is COc1ccccc1N1CCN(C(=O)Nc2ccccc2Cl)CC1=O. The number of benzene rings is 2. The van der Waals surface area contributed by atoms with Crippen molar-refractivity contribution >= 4 is 34.9 Å². The van der Waals surface area contributed by atoms with Crippen LogP contribution in [0.4, 0.5) is 16.2 Å². The minimum Gasteiger partial charge on any atom is -0.495 e. The Kier molecular flexibility index (Phi) is 5.09. The van der Waals surface area contributed by atoms with E-state index in [1.165, 1.54) is 4.90 Å². The molecule has 1 heterocycles. The second-order valence-electron chi connectivity index (χ2n) is 5.55. The van der Waals surface area contributed by atoms with Crippen molar-refractivity contribution in [3.63, 3.8) is 0 Å². The van der Waals surface area contributed by atoms with E-state index < -0.39 is 0 Å². The third-order valence-electron chi connectivity index (χ3n) is 4.00. The largest absolute Gasteiger partial charge is 0.495 e. The number of halogens is 1. The monoisotopic (exact) mass is 359 g/mol. The minimum absolute atomic E-state index is 0.00562. The molecular formula is C18H18ClN3O3. The highest BCUT2D eigenvalue weighted by Gasteiger charge is 2.29. The zero-order chi connectivity index (χ0) is 17.8. The highest BCUT2D eigenvalue weighted by molar-refractivity contribution is 6.33. The van der Waals surface area contributed by atoms with E-state index in [2.05, 4.69) is 5.32 Å². The van der Waals surface area contributed by atoms with Gasteiger partial charge in [0.05, 0.1) is 23.5 Å². The molecule has 0 radical (unpaired) electrons. The van der Waals surface area contributed by atoms with Crippen LogP contribution in [-0.4, -0.2) is 43.6 Å². The van der Waals surface area contributed by atoms with Gasteiger partial charge in [-0.2, -0.15) is 0 Å². The second kappa shape index (κ2) is 7.44. The molecule has 6 nitrogen and oxygen atoms in total. The fourth-order valence-corrected chi connectivity index (χ4v) is 2.89. The lowest BCUT2D eigenvalue weighted by molar-refractivity contribution is -0.120. The highest BCUT2D eigenvalue weighted by atomic mass is 35.5. The van der Waals surface area contributed by atoms with Gasteiger partial charge in [-0.1, -0.05) is 35.9 Å². The minimum atomic E-state index is -0.346. The van der Waals surface area contributed by atoms with E-state index in [4.69, 9.17) is 16.3 Å². The quantitative estimate of drug-likeness (QED) is 0.915. The van der Waals surface area contributed by atoms with Gasteiger partial charge in [-0.15, -0.1) is 0 Å². The van der Waals surface area contributed by atoms with Crippen molar-refractivity contribution in [3.05, 3.63) is 53.6 Å². The van der Waals surface area contributed by atoms with Crippen LogP contribution in [0.2, 0.25) is 5.02 Å². The lowest BCUT2D eigenvalue weighted by atomic mass is 10.2. The molecule has 1 N–H and O–H groups in total. The molecule has 0 aromatic heterocycles. The lowest BCUT2D eigenvalue weighted by Gasteiger charge is -2.34. The summed E-state index contributed by atoms with van der Waals surface area (Å²) in [5.74, 6) is 0.467. The van der Waals surface area contributed by atoms with Gasteiger partial charge in [-0.25, -0.2) is 4.79 Å². The number of anilines is 2. The molecule has 0 spiro atoms. The molecule has 0 saturated carbocycles. The molecule has 1 aliphatic rings. The Bertz CT molecular complexity index is 797. The molecule has 25 heavy (non-hydrogen) atoms. The molecule has 7 heteroatoms. The first-order chi connectivity index (χ1) is 12.1. The number of urea groups is 1. The van der Waals surface area contributed by atoms with E-state index in [0.29, 0.717) is 35.2 Å². The Hall–Kier alpha value is -2.73. The molecule has 1 aliphatic heterocycles. The number of amides is 3. The van der Waals surface area contributed by atoms with Crippen molar-refractivity contribution in [2.75, 3.05) is 37.0 Å². The zero-order valence-corrected chi connectivity index (χ0v) is 14.5. The third kappa shape index (κ3) is 3.69. The Morgan fingerprint density at radius 1 is 1.12 bits per heavy atom. The van der Waals surface area contributed by atoms with Gasteiger partial charge >= 0.3 is 6.03 Å². The number of ether oxygens (including phenoxy) is 1. The molecule has 0 aliphatic carbocycles. The number of rotatable bonds is 3. The van der Waals surface area contributed by atoms with Gasteiger partial charge in [-0.3, -0.25) is 4.79 Å². The number of nitrogens with zero attached hydrogens (tertiary/aromatic N) is 2. The average molecular weight is 360 g/mol. The molecule has 2 aromatic rings. The van der Waals surface area contributed by atoms with E-state index in [1.807, 2.05) is 18.2 Å². The summed E-state index contributed by atoms with van der Waals surface area (Å²) in [6.45, 7) is 0.809. The Labute approximate surface area is 150 Å². The van der Waals surface area contributed by atoms with Crippen LogP contribution in [0.1, 0.15) is 0 Å². The van der Waals surface area contributed by atoms with Crippen molar-refractivity contribution in [1.29, 1.82) is 0 Å². The summed E-state index contributed by atoms with van der Waals surface area (Å²) in [5.41, 5.74) is 1.23. The maximum absolute atomic E-state index is 12.5. The maximum atomic E-state index is 12.5. The van der Waals surface area contributed by atoms with E-state index in [-0.39, 0.29) is 18.5 Å². The fraction of sp³-hybridized carbons (Fsp3) is 0.222. The predicted octanol–water partition coefficient (Wildman–Crippen LogP) is 3.23. The van der Waals surface area contributed by atoms with E-state index >= 15 is 0 Å². The third-order valence-corrected chi connectivity index (χ3v) is 4.33. The number of hydrogen-bond acceptors (Lipinski definition) is 3. The number of nitrogens with one attached hydrogen (secondary N) is 1. The van der Waals surface area contributed by atoms with Crippen LogP contribution in [-0.2, 0) is 4.79 Å². The zero-order valence-electron chi connectivity index (χ0n) is 13.7. The van der Waals surface area contributed by atoms with Crippen LogP contribution < -0.4 is 15.0 Å². The van der Waals surface area contributed by atoms with Gasteiger partial charge in [0.1, 0.15) is 12.3 Å². The van der Waals surface area contributed by atoms with Crippen LogP contribution in [0.5, 0.6) is 5.75 Å². The van der Waals surface area contributed by atoms with Crippen molar-refractivity contribution in [2.24, 2.45) is 0 Å². The van der Waals surface area contributed by atoms with Gasteiger partial charge in [0.2, 0.25) is 5.91 Å². The number of carbonyl (C=O) groups is 2. The summed E-state index contributed by atoms with van der Waals surface area (Å²) in [6.07, 6.45) is 0. The van der Waals surface area contributed by atoms with Gasteiger partial charge in [0.25, 0.3) is 0 Å². The number of hydrogen-bond donors (Lipinski definition) is 1. The topological polar surface area (TPSA) is 61.9 Å². The van der Waals surface area contributed by atoms with Crippen LogP contribution in [0, 0.1) is 0 Å². The first-order valence-electron chi connectivity index (χ1n) is 7.84. The van der Waals surface area contributed by atoms with Crippen LogP contribution in [0.3, 0.4) is 0 Å². The lowest BCUT2D eigenvalue weighted by Crippen LogP contribution is -2.53. The standard InChI is InChI=1S/C18H18ClN3O3/c1-25-16-9-5-4-8-15(16)22-11-10-21(12-17(22)23)18(24)20-14-7-3-2-6-13(14)19/h2-9H,10-12H2,1H3,(H,20,24). The first-order valence-corrected chi connectivity index (χ1v) is 8.22. The summed E-state index contributed by atoms with van der Waals surface area (Å²) < 4.78 is 5.31. The summed E-state index contributed by atoms with van der Waals surface area (Å²) in [5, 5.41) is 3.19. The van der Waals surface area contributed by atoms with E-state index in [0.717, 1.165) is 0 Å². The Morgan fingerprint density at radius 2 is 1.84 bits per heavy atom. The number of piperazine rings is 1. The number of methoxy groups -OCH3 is 1. The molecular weight excluding hydrogens is 342 g/mol. The van der Waals surface area contributed by atoms with Crippen molar-refractivity contribution in [2.45, 2.75) is 0 Å². The van der Waals surface area contributed by atoms with E-state index in [9.17, 15) is 9.59 Å². The molecule has 130 valence electrons. The van der Waals surface area contributed by atoms with Crippen LogP contribution in [0.15, 0.2) is 48.5 Å². The molecule has 0 unspecified atom stereocenters. The van der Waals surface area contributed by atoms with Gasteiger partial charge in [0, 0.05) is 13.1 Å². The normalized spacial score (nSPS) is 14.4. The van der Waals surface area contributed by atoms with Gasteiger partial charge in [0.15, 0.2) is 0 Å². The summed E-state index contributed by atoms with van der Waals surface area (Å²) in [7, 11) is 1.57. The molecule has 2 aromatic carbocycles.